The van der Waals surface area contributed by atoms with Crippen molar-refractivity contribution in [1.29, 1.82) is 0 Å². The van der Waals surface area contributed by atoms with Gasteiger partial charge in [-0.1, -0.05) is 30.3 Å². The first-order valence-corrected chi connectivity index (χ1v) is 5.12. The predicted octanol–water partition coefficient (Wildman–Crippen LogP) is 2.61. The summed E-state index contributed by atoms with van der Waals surface area (Å²) in [6.07, 6.45) is 0. The van der Waals surface area contributed by atoms with Crippen LogP contribution in [0.15, 0.2) is 42.5 Å². The number of ether oxygens (including phenoxy) is 1. The monoisotopic (exact) mass is 209 g/mol. The maximum Gasteiger partial charge on any atom is 0.197 e. The van der Waals surface area contributed by atoms with E-state index in [2.05, 4.69) is 6.07 Å². The molecule has 2 heteroatoms. The van der Waals surface area contributed by atoms with Gasteiger partial charge in [-0.3, -0.25) is 4.79 Å². The summed E-state index contributed by atoms with van der Waals surface area (Å²) in [4.78, 5) is 12.2. The molecule has 2 nitrogen and oxygen atoms in total. The minimum atomic E-state index is 0.0138. The minimum Gasteiger partial charge on any atom is -0.488 e. The molecule has 2 aromatic carbocycles. The lowest BCUT2D eigenvalue weighted by Crippen LogP contribution is -2.02. The van der Waals surface area contributed by atoms with E-state index < -0.39 is 0 Å². The number of rotatable bonds is 0. The summed E-state index contributed by atoms with van der Waals surface area (Å²) < 4.78 is 5.60. The first kappa shape index (κ1) is 9.16. The van der Waals surface area contributed by atoms with Gasteiger partial charge in [-0.25, -0.2) is 0 Å². The summed E-state index contributed by atoms with van der Waals surface area (Å²) in [5.41, 5.74) is 2.25. The van der Waals surface area contributed by atoms with Gasteiger partial charge >= 0.3 is 0 Å². The molecule has 0 atom stereocenters. The average Bonchev–Trinajstić information content (AvgIpc) is 2.49. The van der Waals surface area contributed by atoms with E-state index in [9.17, 15) is 4.79 Å². The zero-order chi connectivity index (χ0) is 11.0. The molecule has 0 aliphatic carbocycles. The van der Waals surface area contributed by atoms with Crippen LogP contribution in [0.2, 0.25) is 0 Å². The van der Waals surface area contributed by atoms with E-state index >= 15 is 0 Å². The van der Waals surface area contributed by atoms with Gasteiger partial charge in [0.2, 0.25) is 0 Å². The molecule has 0 spiro atoms. The molecule has 0 aromatic heterocycles. The molecule has 0 bridgehead atoms. The molecule has 0 saturated heterocycles. The number of fused-ring (bicyclic) bond motifs is 2. The standard InChI is InChI=1S/C14H9O2/c15-14-11-6-2-1-5-10(11)9-16-13-8-4-3-7-12(13)14/h1-2,4-8H,9H2. The summed E-state index contributed by atoms with van der Waals surface area (Å²) in [7, 11) is 0. The third-order valence-corrected chi connectivity index (χ3v) is 2.71. The van der Waals surface area contributed by atoms with Crippen molar-refractivity contribution >= 4 is 5.78 Å². The Bertz CT molecular complexity index is 509. The maximum absolute atomic E-state index is 12.2. The second-order valence-electron chi connectivity index (χ2n) is 3.70. The van der Waals surface area contributed by atoms with Gasteiger partial charge in [0, 0.05) is 11.1 Å². The number of ketones is 1. The smallest absolute Gasteiger partial charge is 0.197 e. The van der Waals surface area contributed by atoms with Gasteiger partial charge in [-0.2, -0.15) is 0 Å². The summed E-state index contributed by atoms with van der Waals surface area (Å²) in [5.74, 6) is 0.653. The van der Waals surface area contributed by atoms with Gasteiger partial charge in [0.25, 0.3) is 0 Å². The van der Waals surface area contributed by atoms with E-state index in [1.807, 2.05) is 24.3 Å². The van der Waals surface area contributed by atoms with Crippen molar-refractivity contribution in [2.75, 3.05) is 0 Å². The van der Waals surface area contributed by atoms with Crippen LogP contribution in [0.5, 0.6) is 5.75 Å². The fourth-order valence-electron chi connectivity index (χ4n) is 1.89. The van der Waals surface area contributed by atoms with Crippen molar-refractivity contribution in [3.05, 3.63) is 65.2 Å². The van der Waals surface area contributed by atoms with Crippen LogP contribution in [-0.2, 0) is 6.61 Å². The number of hydrogen-bond acceptors (Lipinski definition) is 2. The molecular weight excluding hydrogens is 200 g/mol. The highest BCUT2D eigenvalue weighted by Gasteiger charge is 2.20. The highest BCUT2D eigenvalue weighted by molar-refractivity contribution is 6.11. The normalized spacial score (nSPS) is 13.4. The third kappa shape index (κ3) is 1.31. The van der Waals surface area contributed by atoms with Crippen LogP contribution >= 0.6 is 0 Å². The van der Waals surface area contributed by atoms with Crippen LogP contribution in [0.1, 0.15) is 21.5 Å². The number of carbonyl (C=O) groups excluding carboxylic acids is 1. The second-order valence-corrected chi connectivity index (χ2v) is 3.70. The number of benzene rings is 2. The molecule has 77 valence electrons. The molecule has 16 heavy (non-hydrogen) atoms. The van der Waals surface area contributed by atoms with Crippen molar-refractivity contribution < 1.29 is 9.53 Å². The van der Waals surface area contributed by atoms with E-state index in [-0.39, 0.29) is 5.78 Å². The van der Waals surface area contributed by atoms with Gasteiger partial charge < -0.3 is 4.74 Å². The molecule has 0 saturated carbocycles. The van der Waals surface area contributed by atoms with Crippen molar-refractivity contribution in [3.8, 4) is 5.75 Å². The maximum atomic E-state index is 12.2. The van der Waals surface area contributed by atoms with Crippen molar-refractivity contribution in [2.24, 2.45) is 0 Å². The molecule has 1 heterocycles. The van der Waals surface area contributed by atoms with Crippen molar-refractivity contribution in [3.63, 3.8) is 0 Å². The average molecular weight is 209 g/mol. The molecule has 0 fully saturated rings. The van der Waals surface area contributed by atoms with Gasteiger partial charge in [0.1, 0.15) is 12.4 Å². The Labute approximate surface area is 93.5 Å². The fraction of sp³-hybridized carbons (Fsp3) is 0.0714. The Morgan fingerprint density at radius 2 is 2.00 bits per heavy atom. The Hall–Kier alpha value is -2.09. The largest absolute Gasteiger partial charge is 0.488 e. The first-order chi connectivity index (χ1) is 7.86. The first-order valence-electron chi connectivity index (χ1n) is 5.12. The minimum absolute atomic E-state index is 0.0138. The van der Waals surface area contributed by atoms with Gasteiger partial charge in [-0.15, -0.1) is 0 Å². The molecule has 3 rings (SSSR count). The second kappa shape index (κ2) is 3.49. The van der Waals surface area contributed by atoms with Crippen LogP contribution < -0.4 is 4.74 Å². The van der Waals surface area contributed by atoms with E-state index in [1.165, 1.54) is 0 Å². The van der Waals surface area contributed by atoms with Crippen LogP contribution in [0, 0.1) is 6.07 Å². The van der Waals surface area contributed by atoms with E-state index in [4.69, 9.17) is 4.74 Å². The molecule has 1 aliphatic rings. The Kier molecular flexibility index (Phi) is 2.00. The molecule has 0 amide bonds. The lowest BCUT2D eigenvalue weighted by atomic mass is 9.99. The molecule has 0 unspecified atom stereocenters. The lowest BCUT2D eigenvalue weighted by Gasteiger charge is -2.04. The summed E-state index contributed by atoms with van der Waals surface area (Å²) >= 11 is 0. The Morgan fingerprint density at radius 3 is 2.94 bits per heavy atom. The zero-order valence-corrected chi connectivity index (χ0v) is 8.57. The molecule has 1 aliphatic heterocycles. The van der Waals surface area contributed by atoms with Crippen LogP contribution in [0.25, 0.3) is 0 Å². The lowest BCUT2D eigenvalue weighted by molar-refractivity contribution is 0.103. The van der Waals surface area contributed by atoms with Crippen molar-refractivity contribution in [2.45, 2.75) is 6.61 Å². The highest BCUT2D eigenvalue weighted by atomic mass is 16.5. The van der Waals surface area contributed by atoms with Crippen LogP contribution in [0.4, 0.5) is 0 Å². The molecule has 1 radical (unpaired) electrons. The van der Waals surface area contributed by atoms with Gasteiger partial charge in [-0.05, 0) is 18.2 Å². The molecular formula is C14H9O2. The Balaban J connectivity index is 2.22. The summed E-state index contributed by atoms with van der Waals surface area (Å²) in [6.45, 7) is 0.443. The van der Waals surface area contributed by atoms with E-state index in [0.29, 0.717) is 17.9 Å². The molecule has 0 N–H and O–H groups in total. The highest BCUT2D eigenvalue weighted by Crippen LogP contribution is 2.27. The fourth-order valence-corrected chi connectivity index (χ4v) is 1.89. The predicted molar refractivity (Wildman–Crippen MR) is 59.5 cm³/mol. The molecule has 2 aromatic rings. The van der Waals surface area contributed by atoms with Crippen molar-refractivity contribution in [1.82, 2.24) is 0 Å². The summed E-state index contributed by atoms with van der Waals surface area (Å²) in [6, 6.07) is 15.7. The van der Waals surface area contributed by atoms with Crippen LogP contribution in [0.3, 0.4) is 0 Å². The van der Waals surface area contributed by atoms with E-state index in [0.717, 1.165) is 11.1 Å². The quantitative estimate of drug-likeness (QED) is 0.666. The van der Waals surface area contributed by atoms with Crippen LogP contribution in [-0.4, -0.2) is 5.78 Å². The topological polar surface area (TPSA) is 26.3 Å². The summed E-state index contributed by atoms with van der Waals surface area (Å²) in [5, 5.41) is 0. The number of hydrogen-bond donors (Lipinski definition) is 0. The van der Waals surface area contributed by atoms with Gasteiger partial charge in [0.15, 0.2) is 5.78 Å². The van der Waals surface area contributed by atoms with Gasteiger partial charge in [0.05, 0.1) is 5.56 Å². The number of carbonyl (C=O) groups is 1. The van der Waals surface area contributed by atoms with E-state index in [1.54, 1.807) is 18.2 Å². The SMILES string of the molecule is O=C1c2ccccc2COc2cc[c]cc21. The Morgan fingerprint density at radius 1 is 1.12 bits per heavy atom. The third-order valence-electron chi connectivity index (χ3n) is 2.71. The zero-order valence-electron chi connectivity index (χ0n) is 8.57.